The first kappa shape index (κ1) is 8.59. The summed E-state index contributed by atoms with van der Waals surface area (Å²) in [7, 11) is 0. The Balaban J connectivity index is 1.89. The molecule has 1 saturated heterocycles. The molecule has 4 nitrogen and oxygen atoms in total. The van der Waals surface area contributed by atoms with Crippen molar-refractivity contribution in [3.63, 3.8) is 0 Å². The van der Waals surface area contributed by atoms with E-state index in [1.807, 2.05) is 18.2 Å². The van der Waals surface area contributed by atoms with Gasteiger partial charge in [-0.1, -0.05) is 6.07 Å². The quantitative estimate of drug-likeness (QED) is 0.744. The molecular weight excluding hydrogens is 194 g/mol. The monoisotopic (exact) mass is 205 g/mol. The molecule has 1 N–H and O–H groups in total. The lowest BCUT2D eigenvalue weighted by Crippen LogP contribution is -2.13. The first-order chi connectivity index (χ1) is 7.33. The largest absolute Gasteiger partial charge is 0.454 e. The molecule has 0 saturated carbocycles. The second-order valence-electron chi connectivity index (χ2n) is 3.82. The van der Waals surface area contributed by atoms with Crippen LogP contribution in [-0.2, 0) is 4.79 Å². The van der Waals surface area contributed by atoms with Gasteiger partial charge in [0.1, 0.15) is 0 Å². The highest BCUT2D eigenvalue weighted by Gasteiger charge is 2.24. The lowest BCUT2D eigenvalue weighted by atomic mass is 9.98. The Morgan fingerprint density at radius 3 is 2.93 bits per heavy atom. The lowest BCUT2D eigenvalue weighted by Gasteiger charge is -2.07. The number of rotatable bonds is 1. The van der Waals surface area contributed by atoms with E-state index < -0.39 is 0 Å². The van der Waals surface area contributed by atoms with Gasteiger partial charge in [-0.2, -0.15) is 0 Å². The standard InChI is InChI=1S/C11H11NO3/c13-11-4-8(5-12-11)7-1-2-9-10(3-7)15-6-14-9/h1-3,8H,4-6H2,(H,12,13)/t8-/m1/s1. The van der Waals surface area contributed by atoms with E-state index in [0.717, 1.165) is 23.6 Å². The number of fused-ring (bicyclic) bond motifs is 1. The number of ether oxygens (including phenoxy) is 2. The highest BCUT2D eigenvalue weighted by atomic mass is 16.7. The van der Waals surface area contributed by atoms with Crippen LogP contribution in [-0.4, -0.2) is 19.2 Å². The molecule has 2 aliphatic heterocycles. The molecule has 0 aromatic heterocycles. The van der Waals surface area contributed by atoms with Gasteiger partial charge in [-0.3, -0.25) is 4.79 Å². The highest BCUT2D eigenvalue weighted by molar-refractivity contribution is 5.79. The van der Waals surface area contributed by atoms with E-state index in [2.05, 4.69) is 5.32 Å². The van der Waals surface area contributed by atoms with E-state index in [1.54, 1.807) is 0 Å². The smallest absolute Gasteiger partial charge is 0.231 e. The van der Waals surface area contributed by atoms with Gasteiger partial charge in [-0.25, -0.2) is 0 Å². The van der Waals surface area contributed by atoms with E-state index in [0.29, 0.717) is 13.2 Å². The average molecular weight is 205 g/mol. The van der Waals surface area contributed by atoms with Crippen molar-refractivity contribution in [2.45, 2.75) is 12.3 Å². The van der Waals surface area contributed by atoms with Gasteiger partial charge >= 0.3 is 0 Å². The number of nitrogens with one attached hydrogen (secondary N) is 1. The fourth-order valence-electron chi connectivity index (χ4n) is 2.01. The summed E-state index contributed by atoms with van der Waals surface area (Å²) in [6.45, 7) is 1.01. The van der Waals surface area contributed by atoms with Gasteiger partial charge in [0, 0.05) is 18.9 Å². The summed E-state index contributed by atoms with van der Waals surface area (Å²) in [6.07, 6.45) is 0.569. The van der Waals surface area contributed by atoms with Crippen LogP contribution >= 0.6 is 0 Å². The molecule has 1 aromatic rings. The molecule has 15 heavy (non-hydrogen) atoms. The second-order valence-corrected chi connectivity index (χ2v) is 3.82. The summed E-state index contributed by atoms with van der Waals surface area (Å²) in [5.74, 6) is 1.97. The van der Waals surface area contributed by atoms with Crippen LogP contribution in [0.1, 0.15) is 17.9 Å². The van der Waals surface area contributed by atoms with Crippen LogP contribution in [0.15, 0.2) is 18.2 Å². The van der Waals surface area contributed by atoms with Gasteiger partial charge in [0.05, 0.1) is 0 Å². The molecule has 4 heteroatoms. The first-order valence-electron chi connectivity index (χ1n) is 4.99. The first-order valence-corrected chi connectivity index (χ1v) is 4.99. The van der Waals surface area contributed by atoms with E-state index in [4.69, 9.17) is 9.47 Å². The summed E-state index contributed by atoms with van der Waals surface area (Å²) in [5, 5.41) is 2.82. The molecule has 1 fully saturated rings. The van der Waals surface area contributed by atoms with Gasteiger partial charge in [0.25, 0.3) is 0 Å². The number of amides is 1. The van der Waals surface area contributed by atoms with Crippen molar-refractivity contribution in [3.8, 4) is 11.5 Å². The van der Waals surface area contributed by atoms with E-state index in [9.17, 15) is 4.79 Å². The maximum atomic E-state index is 11.1. The minimum atomic E-state index is 0.123. The Hall–Kier alpha value is -1.71. The minimum Gasteiger partial charge on any atom is -0.454 e. The molecule has 1 atom stereocenters. The summed E-state index contributed by atoms with van der Waals surface area (Å²) in [4.78, 5) is 11.1. The number of carbonyl (C=O) groups excluding carboxylic acids is 1. The normalized spacial score (nSPS) is 22.9. The zero-order valence-electron chi connectivity index (χ0n) is 8.16. The summed E-state index contributed by atoms with van der Waals surface area (Å²) in [5.41, 5.74) is 1.14. The average Bonchev–Trinajstić information content (AvgIpc) is 2.84. The van der Waals surface area contributed by atoms with Crippen LogP contribution < -0.4 is 14.8 Å². The topological polar surface area (TPSA) is 47.6 Å². The van der Waals surface area contributed by atoms with Crippen molar-refractivity contribution in [1.82, 2.24) is 5.32 Å². The maximum absolute atomic E-state index is 11.1. The molecule has 1 amide bonds. The van der Waals surface area contributed by atoms with Crippen LogP contribution in [0.4, 0.5) is 0 Å². The van der Waals surface area contributed by atoms with Crippen LogP contribution in [0.3, 0.4) is 0 Å². The third-order valence-electron chi connectivity index (χ3n) is 2.85. The SMILES string of the molecule is O=C1C[C@@H](c2ccc3c(c2)OCO3)CN1. The third-order valence-corrected chi connectivity index (χ3v) is 2.85. The number of hydrogen-bond acceptors (Lipinski definition) is 3. The van der Waals surface area contributed by atoms with Crippen molar-refractivity contribution < 1.29 is 14.3 Å². The number of benzene rings is 1. The van der Waals surface area contributed by atoms with Crippen molar-refractivity contribution in [3.05, 3.63) is 23.8 Å². The van der Waals surface area contributed by atoms with Crippen LogP contribution in [0.5, 0.6) is 11.5 Å². The van der Waals surface area contributed by atoms with Gasteiger partial charge < -0.3 is 14.8 Å². The Labute approximate surface area is 87.2 Å². The molecule has 2 heterocycles. The molecule has 78 valence electrons. The number of carbonyl (C=O) groups is 1. The molecule has 0 bridgehead atoms. The zero-order valence-corrected chi connectivity index (χ0v) is 8.16. The van der Waals surface area contributed by atoms with Crippen LogP contribution in [0.2, 0.25) is 0 Å². The summed E-state index contributed by atoms with van der Waals surface area (Å²) in [6, 6.07) is 5.87. The molecule has 0 unspecified atom stereocenters. The molecule has 3 rings (SSSR count). The van der Waals surface area contributed by atoms with E-state index in [1.165, 1.54) is 0 Å². The molecule has 0 spiro atoms. The summed E-state index contributed by atoms with van der Waals surface area (Å²) < 4.78 is 10.5. The second kappa shape index (κ2) is 3.15. The van der Waals surface area contributed by atoms with Gasteiger partial charge in [0.2, 0.25) is 12.7 Å². The van der Waals surface area contributed by atoms with Gasteiger partial charge in [0.15, 0.2) is 11.5 Å². The Morgan fingerprint density at radius 2 is 2.13 bits per heavy atom. The Morgan fingerprint density at radius 1 is 1.27 bits per heavy atom. The van der Waals surface area contributed by atoms with E-state index in [-0.39, 0.29) is 11.8 Å². The fourth-order valence-corrected chi connectivity index (χ4v) is 2.01. The van der Waals surface area contributed by atoms with Crippen LogP contribution in [0.25, 0.3) is 0 Å². The lowest BCUT2D eigenvalue weighted by molar-refractivity contribution is -0.119. The van der Waals surface area contributed by atoms with Gasteiger partial charge in [-0.05, 0) is 17.7 Å². The fraction of sp³-hybridized carbons (Fsp3) is 0.364. The third kappa shape index (κ3) is 1.42. The van der Waals surface area contributed by atoms with Crippen molar-refractivity contribution >= 4 is 5.91 Å². The van der Waals surface area contributed by atoms with Crippen molar-refractivity contribution in [2.75, 3.05) is 13.3 Å². The van der Waals surface area contributed by atoms with Crippen LogP contribution in [0, 0.1) is 0 Å². The Kier molecular flexibility index (Phi) is 1.80. The maximum Gasteiger partial charge on any atom is 0.231 e. The van der Waals surface area contributed by atoms with Crippen molar-refractivity contribution in [2.24, 2.45) is 0 Å². The molecule has 0 aliphatic carbocycles. The van der Waals surface area contributed by atoms with Crippen molar-refractivity contribution in [1.29, 1.82) is 0 Å². The molecular formula is C11H11NO3. The zero-order chi connectivity index (χ0) is 10.3. The molecule has 1 aromatic carbocycles. The highest BCUT2D eigenvalue weighted by Crippen LogP contribution is 2.35. The minimum absolute atomic E-state index is 0.123. The predicted octanol–water partition coefficient (Wildman–Crippen LogP) is 1.02. The van der Waals surface area contributed by atoms with Gasteiger partial charge in [-0.15, -0.1) is 0 Å². The predicted molar refractivity (Wildman–Crippen MR) is 52.9 cm³/mol. The number of hydrogen-bond donors (Lipinski definition) is 1. The molecule has 2 aliphatic rings. The van der Waals surface area contributed by atoms with E-state index >= 15 is 0 Å². The summed E-state index contributed by atoms with van der Waals surface area (Å²) >= 11 is 0. The molecule has 0 radical (unpaired) electrons. The Bertz CT molecular complexity index is 416.